The fourth-order valence-corrected chi connectivity index (χ4v) is 3.67. The van der Waals surface area contributed by atoms with Crippen molar-refractivity contribution < 1.29 is 9.90 Å². The first-order valence-corrected chi connectivity index (χ1v) is 8.48. The molecule has 3 aromatic rings. The summed E-state index contributed by atoms with van der Waals surface area (Å²) < 4.78 is 0. The third-order valence-electron chi connectivity index (χ3n) is 4.58. The van der Waals surface area contributed by atoms with Crippen LogP contribution >= 0.6 is 12.2 Å². The highest BCUT2D eigenvalue weighted by Gasteiger charge is 2.34. The number of carboxylic acid groups (broad SMARTS) is 1. The van der Waals surface area contributed by atoms with Gasteiger partial charge in [0.05, 0.1) is 6.54 Å². The molecule has 2 heterocycles. The van der Waals surface area contributed by atoms with Crippen LogP contribution in [0.3, 0.4) is 0 Å². The van der Waals surface area contributed by atoms with Crippen LogP contribution in [0.5, 0.6) is 0 Å². The summed E-state index contributed by atoms with van der Waals surface area (Å²) in [6.45, 7) is 0.444. The topological polar surface area (TPSA) is 68.4 Å². The van der Waals surface area contributed by atoms with E-state index in [1.807, 2.05) is 54.6 Å². The van der Waals surface area contributed by atoms with Gasteiger partial charge in [0.1, 0.15) is 6.04 Å². The number of fused-ring (bicyclic) bond motifs is 3. The molecule has 126 valence electrons. The van der Waals surface area contributed by atoms with Gasteiger partial charge >= 0.3 is 5.97 Å². The molecule has 0 fully saturated rings. The number of benzene rings is 2. The van der Waals surface area contributed by atoms with E-state index in [-0.39, 0.29) is 0 Å². The molecule has 0 saturated heterocycles. The van der Waals surface area contributed by atoms with Crippen LogP contribution in [0.2, 0.25) is 0 Å². The van der Waals surface area contributed by atoms with Gasteiger partial charge in [-0.25, -0.2) is 4.79 Å². The zero-order valence-corrected chi connectivity index (χ0v) is 14.2. The van der Waals surface area contributed by atoms with E-state index in [9.17, 15) is 9.90 Å². The lowest BCUT2D eigenvalue weighted by molar-refractivity contribution is -0.142. The summed E-state index contributed by atoms with van der Waals surface area (Å²) in [6.07, 6.45) is 0.422. The lowest BCUT2D eigenvalue weighted by Gasteiger charge is -2.35. The second-order valence-electron chi connectivity index (χ2n) is 6.11. The molecule has 6 heteroatoms. The maximum Gasteiger partial charge on any atom is 0.326 e. The maximum atomic E-state index is 11.9. The Balaban J connectivity index is 1.67. The number of nitrogens with zero attached hydrogens (tertiary/aromatic N) is 1. The Kier molecular flexibility index (Phi) is 3.89. The minimum absolute atomic E-state index is 0.419. The van der Waals surface area contributed by atoms with Gasteiger partial charge in [-0.3, -0.25) is 0 Å². The predicted molar refractivity (Wildman–Crippen MR) is 102 cm³/mol. The molecular weight excluding hydrogens is 334 g/mol. The van der Waals surface area contributed by atoms with Crippen LogP contribution in [0.4, 0.5) is 5.69 Å². The van der Waals surface area contributed by atoms with Crippen LogP contribution in [0.25, 0.3) is 10.9 Å². The first kappa shape index (κ1) is 15.7. The SMILES string of the molecule is O=C(O)C1Cc2c([nH]c3ccccc23)CN1C(=S)Nc1ccccc1. The third-order valence-corrected chi connectivity index (χ3v) is 4.91. The predicted octanol–water partition coefficient (Wildman–Crippen LogP) is 3.38. The minimum Gasteiger partial charge on any atom is -0.480 e. The number of aliphatic carboxylic acids is 1. The van der Waals surface area contributed by atoms with Crippen molar-refractivity contribution in [2.45, 2.75) is 19.0 Å². The molecule has 0 radical (unpaired) electrons. The average molecular weight is 351 g/mol. The van der Waals surface area contributed by atoms with E-state index < -0.39 is 12.0 Å². The molecule has 1 aliphatic heterocycles. The van der Waals surface area contributed by atoms with E-state index in [0.29, 0.717) is 18.1 Å². The van der Waals surface area contributed by atoms with Crippen molar-refractivity contribution in [3.8, 4) is 0 Å². The second kappa shape index (κ2) is 6.22. The molecule has 1 aliphatic rings. The summed E-state index contributed by atoms with van der Waals surface area (Å²) in [4.78, 5) is 17.0. The van der Waals surface area contributed by atoms with Gasteiger partial charge in [-0.2, -0.15) is 0 Å². The van der Waals surface area contributed by atoms with Crippen LogP contribution in [0.15, 0.2) is 54.6 Å². The molecular formula is C19H17N3O2S. The van der Waals surface area contributed by atoms with E-state index in [4.69, 9.17) is 12.2 Å². The Labute approximate surface area is 150 Å². The highest BCUT2D eigenvalue weighted by molar-refractivity contribution is 7.80. The van der Waals surface area contributed by atoms with Crippen molar-refractivity contribution in [3.05, 3.63) is 65.9 Å². The summed E-state index contributed by atoms with van der Waals surface area (Å²) in [5.41, 5.74) is 3.97. The monoisotopic (exact) mass is 351 g/mol. The molecule has 1 unspecified atom stereocenters. The van der Waals surface area contributed by atoms with E-state index in [0.717, 1.165) is 27.8 Å². The number of carbonyl (C=O) groups is 1. The molecule has 2 aromatic carbocycles. The number of aromatic amines is 1. The molecule has 3 N–H and O–H groups in total. The number of thiocarbonyl (C=S) groups is 1. The Morgan fingerprint density at radius 3 is 2.64 bits per heavy atom. The van der Waals surface area contributed by atoms with Crippen LogP contribution in [-0.4, -0.2) is 32.1 Å². The van der Waals surface area contributed by atoms with Crippen molar-refractivity contribution in [1.82, 2.24) is 9.88 Å². The van der Waals surface area contributed by atoms with Crippen LogP contribution in [0.1, 0.15) is 11.3 Å². The van der Waals surface area contributed by atoms with Crippen LogP contribution in [-0.2, 0) is 17.8 Å². The number of hydrogen-bond donors (Lipinski definition) is 3. The van der Waals surface area contributed by atoms with Crippen molar-refractivity contribution in [3.63, 3.8) is 0 Å². The molecule has 1 aromatic heterocycles. The quantitative estimate of drug-likeness (QED) is 0.618. The lowest BCUT2D eigenvalue weighted by atomic mass is 9.97. The Morgan fingerprint density at radius 1 is 1.16 bits per heavy atom. The highest BCUT2D eigenvalue weighted by Crippen LogP contribution is 2.30. The summed E-state index contributed by atoms with van der Waals surface area (Å²) in [5, 5.41) is 14.4. The number of hydrogen-bond acceptors (Lipinski definition) is 2. The number of aromatic nitrogens is 1. The first-order chi connectivity index (χ1) is 12.1. The van der Waals surface area contributed by atoms with Crippen LogP contribution in [0, 0.1) is 0 Å². The summed E-state index contributed by atoms with van der Waals surface area (Å²) in [7, 11) is 0. The molecule has 1 atom stereocenters. The molecule has 0 bridgehead atoms. The molecule has 25 heavy (non-hydrogen) atoms. The highest BCUT2D eigenvalue weighted by atomic mass is 32.1. The minimum atomic E-state index is -0.867. The Hall–Kier alpha value is -2.86. The summed E-state index contributed by atoms with van der Waals surface area (Å²) >= 11 is 5.50. The van der Waals surface area contributed by atoms with Gasteiger partial charge in [0, 0.05) is 28.7 Å². The average Bonchev–Trinajstić information content (AvgIpc) is 2.99. The zero-order valence-electron chi connectivity index (χ0n) is 13.4. The number of nitrogens with one attached hydrogen (secondary N) is 2. The zero-order chi connectivity index (χ0) is 17.4. The smallest absolute Gasteiger partial charge is 0.326 e. The first-order valence-electron chi connectivity index (χ1n) is 8.07. The summed E-state index contributed by atoms with van der Waals surface area (Å²) in [6, 6.07) is 16.8. The maximum absolute atomic E-state index is 11.9. The van der Waals surface area contributed by atoms with Gasteiger partial charge in [0.2, 0.25) is 0 Å². The fraction of sp³-hybridized carbons (Fsp3) is 0.158. The van der Waals surface area contributed by atoms with Crippen molar-refractivity contribution in [2.75, 3.05) is 5.32 Å². The number of anilines is 1. The van der Waals surface area contributed by atoms with Crippen LogP contribution < -0.4 is 5.32 Å². The van der Waals surface area contributed by atoms with E-state index >= 15 is 0 Å². The second-order valence-corrected chi connectivity index (χ2v) is 6.50. The number of H-pyrrole nitrogens is 1. The Morgan fingerprint density at radius 2 is 1.88 bits per heavy atom. The van der Waals surface area contributed by atoms with Gasteiger partial charge in [0.25, 0.3) is 0 Å². The van der Waals surface area contributed by atoms with Crippen molar-refractivity contribution >= 4 is 39.9 Å². The van der Waals surface area contributed by atoms with Gasteiger partial charge < -0.3 is 20.3 Å². The van der Waals surface area contributed by atoms with E-state index in [1.165, 1.54) is 0 Å². The van der Waals surface area contributed by atoms with E-state index in [2.05, 4.69) is 10.3 Å². The van der Waals surface area contributed by atoms with Crippen molar-refractivity contribution in [2.24, 2.45) is 0 Å². The summed E-state index contributed by atoms with van der Waals surface area (Å²) in [5.74, 6) is -0.867. The van der Waals surface area contributed by atoms with Gasteiger partial charge in [-0.05, 0) is 36.0 Å². The molecule has 0 saturated carbocycles. The number of para-hydroxylation sites is 2. The van der Waals surface area contributed by atoms with Gasteiger partial charge in [-0.1, -0.05) is 36.4 Å². The largest absolute Gasteiger partial charge is 0.480 e. The number of carboxylic acids is 1. The molecule has 0 spiro atoms. The molecule has 4 rings (SSSR count). The third kappa shape index (κ3) is 2.85. The standard InChI is InChI=1S/C19H17N3O2S/c23-18(24)17-10-14-13-8-4-5-9-15(13)21-16(14)11-22(17)19(25)20-12-6-2-1-3-7-12/h1-9,17,21H,10-11H2,(H,20,25)(H,23,24). The number of rotatable bonds is 2. The normalized spacial score (nSPS) is 16.5. The fourth-order valence-electron chi connectivity index (χ4n) is 3.36. The molecule has 5 nitrogen and oxygen atoms in total. The van der Waals surface area contributed by atoms with Crippen molar-refractivity contribution in [1.29, 1.82) is 0 Å². The van der Waals surface area contributed by atoms with Gasteiger partial charge in [-0.15, -0.1) is 0 Å². The molecule has 0 aliphatic carbocycles. The van der Waals surface area contributed by atoms with E-state index in [1.54, 1.807) is 4.90 Å². The lowest BCUT2D eigenvalue weighted by Crippen LogP contribution is -2.50. The van der Waals surface area contributed by atoms with Gasteiger partial charge in [0.15, 0.2) is 5.11 Å². The Bertz CT molecular complexity index is 952. The molecule has 0 amide bonds.